The van der Waals surface area contributed by atoms with Crippen LogP contribution in [-0.2, 0) is 4.65 Å². The van der Waals surface area contributed by atoms with Crippen molar-refractivity contribution in [2.45, 2.75) is 13.2 Å². The summed E-state index contributed by atoms with van der Waals surface area (Å²) in [6, 6.07) is 5.88. The molecule has 1 unspecified atom stereocenters. The first kappa shape index (κ1) is 6.89. The van der Waals surface area contributed by atoms with Crippen molar-refractivity contribution < 1.29 is 9.76 Å². The fraction of sp³-hybridized carbons (Fsp3) is 0.250. The Hall–Kier alpha value is -0.795. The van der Waals surface area contributed by atoms with E-state index in [0.717, 1.165) is 16.6 Å². The molecule has 1 aromatic carbocycles. The number of aryl methyl sites for hydroxylation is 1. The molecule has 0 fully saturated rings. The van der Waals surface area contributed by atoms with E-state index in [0.29, 0.717) is 0 Å². The highest BCUT2D eigenvalue weighted by Gasteiger charge is 2.21. The summed E-state index contributed by atoms with van der Waals surface area (Å²) >= 11 is 0. The minimum Gasteiger partial charge on any atom is -0.407 e. The van der Waals surface area contributed by atoms with Gasteiger partial charge < -0.3 is 9.76 Å². The molecule has 55 valence electrons. The van der Waals surface area contributed by atoms with Crippen LogP contribution in [0.4, 0.5) is 0 Å². The Morgan fingerprint density at radius 1 is 1.55 bits per heavy atom. The third-order valence-corrected chi connectivity index (χ3v) is 1.83. The van der Waals surface area contributed by atoms with E-state index in [-0.39, 0.29) is 0 Å². The van der Waals surface area contributed by atoms with E-state index in [9.17, 15) is 5.11 Å². The van der Waals surface area contributed by atoms with Crippen LogP contribution in [0, 0.1) is 6.92 Å². The Labute approximate surface area is 66.1 Å². The molecule has 0 aromatic heterocycles. The van der Waals surface area contributed by atoms with Crippen molar-refractivity contribution in [3.63, 3.8) is 0 Å². The van der Waals surface area contributed by atoms with E-state index in [4.69, 9.17) is 4.65 Å². The van der Waals surface area contributed by atoms with Gasteiger partial charge in [-0.05, 0) is 12.4 Å². The standard InChI is InChI=1S/C8H8BO2/c1-5-2-3-7-6(4-5)8(10)11-9-7/h2-4,8,10H,1H3. The van der Waals surface area contributed by atoms with Gasteiger partial charge in [-0.1, -0.05) is 23.8 Å². The highest BCUT2D eigenvalue weighted by atomic mass is 16.6. The highest BCUT2D eigenvalue weighted by molar-refractivity contribution is 6.49. The summed E-state index contributed by atoms with van der Waals surface area (Å²) in [5.74, 6) is 0. The highest BCUT2D eigenvalue weighted by Crippen LogP contribution is 2.17. The Morgan fingerprint density at radius 2 is 2.36 bits per heavy atom. The second kappa shape index (κ2) is 2.36. The molecule has 0 bridgehead atoms. The van der Waals surface area contributed by atoms with Crippen LogP contribution in [-0.4, -0.2) is 12.6 Å². The summed E-state index contributed by atoms with van der Waals surface area (Å²) in [6.45, 7) is 1.99. The number of aliphatic hydroxyl groups is 1. The SMILES string of the molecule is Cc1ccc2c(c1)C(O)O[B]2. The largest absolute Gasteiger partial charge is 0.407 e. The van der Waals surface area contributed by atoms with E-state index in [1.54, 1.807) is 7.48 Å². The van der Waals surface area contributed by atoms with Crippen molar-refractivity contribution in [1.29, 1.82) is 0 Å². The van der Waals surface area contributed by atoms with E-state index in [2.05, 4.69) is 0 Å². The maximum absolute atomic E-state index is 9.25. The Morgan fingerprint density at radius 3 is 3.18 bits per heavy atom. The normalized spacial score (nSPS) is 21.1. The molecule has 0 amide bonds. The van der Waals surface area contributed by atoms with Gasteiger partial charge in [0.05, 0.1) is 0 Å². The molecule has 3 heteroatoms. The molecule has 0 spiro atoms. The molecule has 1 N–H and O–H groups in total. The van der Waals surface area contributed by atoms with Crippen LogP contribution < -0.4 is 5.46 Å². The van der Waals surface area contributed by atoms with Crippen LogP contribution in [0.5, 0.6) is 0 Å². The molecular weight excluding hydrogens is 139 g/mol. The van der Waals surface area contributed by atoms with Crippen molar-refractivity contribution in [1.82, 2.24) is 0 Å². The van der Waals surface area contributed by atoms with E-state index in [1.165, 1.54) is 0 Å². The minimum absolute atomic E-state index is 0.759. The molecule has 1 heterocycles. The van der Waals surface area contributed by atoms with Gasteiger partial charge in [-0.2, -0.15) is 0 Å². The van der Waals surface area contributed by atoms with Gasteiger partial charge in [-0.25, -0.2) is 0 Å². The van der Waals surface area contributed by atoms with Gasteiger partial charge in [0, 0.05) is 5.56 Å². The van der Waals surface area contributed by atoms with Crippen molar-refractivity contribution in [3.05, 3.63) is 29.3 Å². The third kappa shape index (κ3) is 1.06. The smallest absolute Gasteiger partial charge is 0.334 e. The number of fused-ring (bicyclic) bond motifs is 1. The van der Waals surface area contributed by atoms with Gasteiger partial charge in [-0.3, -0.25) is 0 Å². The van der Waals surface area contributed by atoms with E-state index < -0.39 is 6.29 Å². The zero-order valence-electron chi connectivity index (χ0n) is 6.24. The number of aliphatic hydroxyl groups excluding tert-OH is 1. The Bertz CT molecular complexity index is 285. The van der Waals surface area contributed by atoms with Crippen LogP contribution in [0.25, 0.3) is 0 Å². The molecule has 1 aliphatic rings. The zero-order valence-corrected chi connectivity index (χ0v) is 6.24. The number of hydrogen-bond donors (Lipinski definition) is 1. The van der Waals surface area contributed by atoms with Crippen LogP contribution in [0.3, 0.4) is 0 Å². The summed E-state index contributed by atoms with van der Waals surface area (Å²) in [5, 5.41) is 9.25. The molecule has 0 saturated carbocycles. The van der Waals surface area contributed by atoms with Gasteiger partial charge in [0.1, 0.15) is 0 Å². The Kier molecular flexibility index (Phi) is 1.48. The van der Waals surface area contributed by atoms with Crippen LogP contribution in [0.2, 0.25) is 0 Å². The zero-order chi connectivity index (χ0) is 7.84. The van der Waals surface area contributed by atoms with Gasteiger partial charge >= 0.3 is 7.48 Å². The fourth-order valence-electron chi connectivity index (χ4n) is 1.23. The van der Waals surface area contributed by atoms with Gasteiger partial charge in [0.2, 0.25) is 0 Å². The molecule has 11 heavy (non-hydrogen) atoms. The summed E-state index contributed by atoms with van der Waals surface area (Å²) in [7, 11) is 1.58. The van der Waals surface area contributed by atoms with Gasteiger partial charge in [0.25, 0.3) is 0 Å². The van der Waals surface area contributed by atoms with Crippen molar-refractivity contribution in [3.8, 4) is 0 Å². The number of benzene rings is 1. The van der Waals surface area contributed by atoms with Crippen molar-refractivity contribution >= 4 is 12.9 Å². The van der Waals surface area contributed by atoms with Crippen molar-refractivity contribution in [2.24, 2.45) is 0 Å². The molecule has 0 saturated heterocycles. The number of hydrogen-bond acceptors (Lipinski definition) is 2. The molecule has 1 aromatic rings. The third-order valence-electron chi connectivity index (χ3n) is 1.83. The lowest BCUT2D eigenvalue weighted by Gasteiger charge is -2.03. The summed E-state index contributed by atoms with van der Waals surface area (Å²) in [6.07, 6.45) is -0.759. The van der Waals surface area contributed by atoms with Crippen LogP contribution in [0.1, 0.15) is 17.4 Å². The number of rotatable bonds is 0. The summed E-state index contributed by atoms with van der Waals surface area (Å²) in [4.78, 5) is 0. The fourth-order valence-corrected chi connectivity index (χ4v) is 1.23. The predicted molar refractivity (Wildman–Crippen MR) is 42.6 cm³/mol. The second-order valence-corrected chi connectivity index (χ2v) is 2.74. The van der Waals surface area contributed by atoms with Gasteiger partial charge in [-0.15, -0.1) is 0 Å². The average molecular weight is 147 g/mol. The molecular formula is C8H8BO2. The molecule has 2 nitrogen and oxygen atoms in total. The first-order valence-electron chi connectivity index (χ1n) is 3.54. The second-order valence-electron chi connectivity index (χ2n) is 2.74. The molecule has 2 rings (SSSR count). The molecule has 1 atom stereocenters. The summed E-state index contributed by atoms with van der Waals surface area (Å²) in [5.41, 5.74) is 2.98. The monoisotopic (exact) mass is 147 g/mol. The summed E-state index contributed by atoms with van der Waals surface area (Å²) < 4.78 is 4.91. The lowest BCUT2D eigenvalue weighted by molar-refractivity contribution is -0.00797. The Balaban J connectivity index is 2.52. The average Bonchev–Trinajstić information content (AvgIpc) is 2.33. The topological polar surface area (TPSA) is 29.5 Å². The lowest BCUT2D eigenvalue weighted by atomic mass is 9.86. The minimum atomic E-state index is -0.759. The van der Waals surface area contributed by atoms with Crippen LogP contribution in [0.15, 0.2) is 18.2 Å². The quantitative estimate of drug-likeness (QED) is 0.533. The van der Waals surface area contributed by atoms with Gasteiger partial charge in [0.15, 0.2) is 6.29 Å². The van der Waals surface area contributed by atoms with E-state index in [1.807, 2.05) is 25.1 Å². The lowest BCUT2D eigenvalue weighted by Crippen LogP contribution is -2.10. The first-order valence-corrected chi connectivity index (χ1v) is 3.54. The maximum atomic E-state index is 9.25. The first-order chi connectivity index (χ1) is 5.27. The van der Waals surface area contributed by atoms with Crippen LogP contribution >= 0.6 is 0 Å². The van der Waals surface area contributed by atoms with Crippen molar-refractivity contribution in [2.75, 3.05) is 0 Å². The van der Waals surface area contributed by atoms with E-state index >= 15 is 0 Å². The molecule has 0 aliphatic carbocycles. The predicted octanol–water partition coefficient (Wildman–Crippen LogP) is 0.261. The molecule has 1 radical (unpaired) electrons. The molecule has 1 aliphatic heterocycles. The maximum Gasteiger partial charge on any atom is 0.334 e.